The maximum atomic E-state index is 8.65. The number of benzene rings is 1. The van der Waals surface area contributed by atoms with Crippen molar-refractivity contribution in [2.24, 2.45) is 10.9 Å². The van der Waals surface area contributed by atoms with Crippen molar-refractivity contribution in [2.45, 2.75) is 19.4 Å². The normalized spacial score (nSPS) is 13.8. The Morgan fingerprint density at radius 3 is 3.06 bits per heavy atom. The topological polar surface area (TPSA) is 81.0 Å². The minimum atomic E-state index is -0.444. The van der Waals surface area contributed by atoms with Crippen LogP contribution >= 0.6 is 0 Å². The summed E-state index contributed by atoms with van der Waals surface area (Å²) in [5.41, 5.74) is 6.29. The molecule has 1 unspecified atom stereocenters. The van der Waals surface area contributed by atoms with Crippen LogP contribution in [0, 0.1) is 0 Å². The molecule has 2 aromatic rings. The highest BCUT2D eigenvalue weighted by Gasteiger charge is 2.15. The highest BCUT2D eigenvalue weighted by Crippen LogP contribution is 2.27. The standard InChI is InChI=1S/C12H14N2O3/c1-2-9(12(13)14-15)17-11-5-3-4-10-8(11)6-7-16-10/h3-7,9,15H,2H2,1H3,(H2,13,14). The molecular weight excluding hydrogens is 220 g/mol. The predicted octanol–water partition coefficient (Wildman–Crippen LogP) is 2.34. The Balaban J connectivity index is 2.31. The van der Waals surface area contributed by atoms with Crippen molar-refractivity contribution in [1.82, 2.24) is 0 Å². The van der Waals surface area contributed by atoms with E-state index in [1.54, 1.807) is 6.26 Å². The van der Waals surface area contributed by atoms with Gasteiger partial charge in [-0.2, -0.15) is 0 Å². The number of hydrogen-bond acceptors (Lipinski definition) is 4. The van der Waals surface area contributed by atoms with E-state index in [0.29, 0.717) is 12.2 Å². The number of amidine groups is 1. The molecule has 0 bridgehead atoms. The van der Waals surface area contributed by atoms with Gasteiger partial charge in [-0.1, -0.05) is 18.1 Å². The largest absolute Gasteiger partial charge is 0.482 e. The van der Waals surface area contributed by atoms with Gasteiger partial charge in [-0.15, -0.1) is 0 Å². The van der Waals surface area contributed by atoms with Gasteiger partial charge in [-0.3, -0.25) is 0 Å². The zero-order chi connectivity index (χ0) is 12.3. The monoisotopic (exact) mass is 234 g/mol. The number of ether oxygens (including phenoxy) is 1. The summed E-state index contributed by atoms with van der Waals surface area (Å²) in [6.07, 6.45) is 1.77. The minimum Gasteiger partial charge on any atom is -0.482 e. The first-order valence-electron chi connectivity index (χ1n) is 5.36. The van der Waals surface area contributed by atoms with Crippen molar-refractivity contribution < 1.29 is 14.4 Å². The maximum absolute atomic E-state index is 8.65. The number of nitrogens with two attached hydrogens (primary N) is 1. The van der Waals surface area contributed by atoms with Crippen LogP contribution in [0.3, 0.4) is 0 Å². The first kappa shape index (κ1) is 11.3. The number of hydrogen-bond donors (Lipinski definition) is 2. The van der Waals surface area contributed by atoms with Gasteiger partial charge in [-0.25, -0.2) is 0 Å². The van der Waals surface area contributed by atoms with Crippen LogP contribution in [0.2, 0.25) is 0 Å². The lowest BCUT2D eigenvalue weighted by atomic mass is 10.2. The zero-order valence-electron chi connectivity index (χ0n) is 9.46. The van der Waals surface area contributed by atoms with E-state index in [4.69, 9.17) is 20.1 Å². The van der Waals surface area contributed by atoms with Gasteiger partial charge in [0.05, 0.1) is 11.6 Å². The lowest BCUT2D eigenvalue weighted by Gasteiger charge is -2.16. The van der Waals surface area contributed by atoms with E-state index in [-0.39, 0.29) is 5.84 Å². The Labute approximate surface area is 98.5 Å². The first-order chi connectivity index (χ1) is 8.26. The molecule has 0 aliphatic heterocycles. The average Bonchev–Trinajstić information content (AvgIpc) is 2.83. The highest BCUT2D eigenvalue weighted by atomic mass is 16.5. The van der Waals surface area contributed by atoms with Crippen molar-refractivity contribution in [3.63, 3.8) is 0 Å². The summed E-state index contributed by atoms with van der Waals surface area (Å²) in [6, 6.07) is 7.33. The van der Waals surface area contributed by atoms with Gasteiger partial charge in [0, 0.05) is 0 Å². The van der Waals surface area contributed by atoms with Crippen molar-refractivity contribution in [1.29, 1.82) is 0 Å². The molecule has 1 aromatic carbocycles. The van der Waals surface area contributed by atoms with E-state index in [1.165, 1.54) is 0 Å². The zero-order valence-corrected chi connectivity index (χ0v) is 9.46. The van der Waals surface area contributed by atoms with Gasteiger partial charge in [0.15, 0.2) is 11.9 Å². The van der Waals surface area contributed by atoms with E-state index in [0.717, 1.165) is 11.0 Å². The molecule has 0 aliphatic rings. The van der Waals surface area contributed by atoms with E-state index in [1.807, 2.05) is 31.2 Å². The molecule has 3 N–H and O–H groups in total. The molecule has 0 spiro atoms. The summed E-state index contributed by atoms with van der Waals surface area (Å²) < 4.78 is 11.0. The lowest BCUT2D eigenvalue weighted by molar-refractivity contribution is 0.249. The fourth-order valence-electron chi connectivity index (χ4n) is 1.64. The van der Waals surface area contributed by atoms with E-state index in [2.05, 4.69) is 5.16 Å². The van der Waals surface area contributed by atoms with Crippen LogP contribution in [0.5, 0.6) is 5.75 Å². The van der Waals surface area contributed by atoms with E-state index < -0.39 is 6.10 Å². The summed E-state index contributed by atoms with van der Waals surface area (Å²) in [5.74, 6) is 0.725. The maximum Gasteiger partial charge on any atom is 0.180 e. The van der Waals surface area contributed by atoms with Crippen molar-refractivity contribution in [2.75, 3.05) is 0 Å². The summed E-state index contributed by atoms with van der Waals surface area (Å²) in [5, 5.41) is 12.5. The molecule has 0 aliphatic carbocycles. The third kappa shape index (κ3) is 2.18. The molecule has 0 fully saturated rings. The average molecular weight is 234 g/mol. The Bertz CT molecular complexity index is 533. The van der Waals surface area contributed by atoms with Crippen LogP contribution in [-0.4, -0.2) is 17.1 Å². The lowest BCUT2D eigenvalue weighted by Crippen LogP contribution is -2.33. The van der Waals surface area contributed by atoms with Gasteiger partial charge in [-0.05, 0) is 24.6 Å². The minimum absolute atomic E-state index is 0.0630. The fraction of sp³-hybridized carbons (Fsp3) is 0.250. The third-order valence-electron chi connectivity index (χ3n) is 2.54. The Kier molecular flexibility index (Phi) is 3.18. The van der Waals surface area contributed by atoms with Gasteiger partial charge < -0.3 is 20.1 Å². The number of oxime groups is 1. The predicted molar refractivity (Wildman–Crippen MR) is 64.3 cm³/mol. The molecule has 1 aromatic heterocycles. The summed E-state index contributed by atoms with van der Waals surface area (Å²) in [4.78, 5) is 0. The molecular formula is C12H14N2O3. The molecule has 1 atom stereocenters. The van der Waals surface area contributed by atoms with Crippen molar-refractivity contribution in [3.05, 3.63) is 30.5 Å². The van der Waals surface area contributed by atoms with Crippen LogP contribution < -0.4 is 10.5 Å². The van der Waals surface area contributed by atoms with Crippen LogP contribution in [0.15, 0.2) is 40.1 Å². The second-order valence-electron chi connectivity index (χ2n) is 3.63. The second kappa shape index (κ2) is 4.78. The summed E-state index contributed by atoms with van der Waals surface area (Å²) in [7, 11) is 0. The SMILES string of the molecule is CCC(Oc1cccc2occc12)C(N)=NO. The smallest absolute Gasteiger partial charge is 0.180 e. The van der Waals surface area contributed by atoms with Crippen LogP contribution in [0.1, 0.15) is 13.3 Å². The van der Waals surface area contributed by atoms with Crippen LogP contribution in [-0.2, 0) is 0 Å². The molecule has 1 heterocycles. The first-order valence-corrected chi connectivity index (χ1v) is 5.36. The Morgan fingerprint density at radius 2 is 2.35 bits per heavy atom. The number of nitrogens with zero attached hydrogens (tertiary/aromatic N) is 1. The molecule has 0 saturated heterocycles. The molecule has 17 heavy (non-hydrogen) atoms. The molecule has 0 amide bonds. The number of fused-ring (bicyclic) bond motifs is 1. The van der Waals surface area contributed by atoms with Gasteiger partial charge >= 0.3 is 0 Å². The second-order valence-corrected chi connectivity index (χ2v) is 3.63. The third-order valence-corrected chi connectivity index (χ3v) is 2.54. The van der Waals surface area contributed by atoms with Gasteiger partial charge in [0.2, 0.25) is 0 Å². The quantitative estimate of drug-likeness (QED) is 0.368. The number of furan rings is 1. The number of rotatable bonds is 4. The molecule has 5 nitrogen and oxygen atoms in total. The summed E-state index contributed by atoms with van der Waals surface area (Å²) >= 11 is 0. The molecule has 0 saturated carbocycles. The van der Waals surface area contributed by atoms with Crippen LogP contribution in [0.25, 0.3) is 11.0 Å². The van der Waals surface area contributed by atoms with E-state index in [9.17, 15) is 0 Å². The van der Waals surface area contributed by atoms with Crippen molar-refractivity contribution in [3.8, 4) is 5.75 Å². The summed E-state index contributed by atoms with van der Waals surface area (Å²) in [6.45, 7) is 1.90. The molecule has 90 valence electrons. The van der Waals surface area contributed by atoms with Crippen molar-refractivity contribution >= 4 is 16.8 Å². The Hall–Kier alpha value is -2.17. The fourth-order valence-corrected chi connectivity index (χ4v) is 1.64. The highest BCUT2D eigenvalue weighted by molar-refractivity contribution is 5.87. The van der Waals surface area contributed by atoms with Crippen LogP contribution in [0.4, 0.5) is 0 Å². The van der Waals surface area contributed by atoms with Gasteiger partial charge in [0.1, 0.15) is 11.3 Å². The Morgan fingerprint density at radius 1 is 1.53 bits per heavy atom. The molecule has 2 rings (SSSR count). The van der Waals surface area contributed by atoms with Gasteiger partial charge in [0.25, 0.3) is 0 Å². The molecule has 5 heteroatoms. The molecule has 0 radical (unpaired) electrons. The van der Waals surface area contributed by atoms with E-state index >= 15 is 0 Å².